The minimum Gasteiger partial charge on any atom is -0.351 e. The first-order valence-electron chi connectivity index (χ1n) is 7.91. The molecule has 0 fully saturated rings. The van der Waals surface area contributed by atoms with Crippen molar-refractivity contribution >= 4 is 28.8 Å². The maximum absolute atomic E-state index is 12.9. The molecule has 25 heavy (non-hydrogen) atoms. The number of carbonyl (C=O) groups is 1. The number of nitrogens with zero attached hydrogens (tertiary/aromatic N) is 2. The number of amides is 1. The number of halogens is 2. The molecule has 0 atom stereocenters. The SMILES string of the molecule is CCn1ncc(Cl)c1-c1csc(C(=O)NCCc2ccc(F)cc2)c1. The Morgan fingerprint density at radius 3 is 2.84 bits per heavy atom. The Hall–Kier alpha value is -2.18. The average Bonchev–Trinajstić information content (AvgIpc) is 3.22. The maximum Gasteiger partial charge on any atom is 0.261 e. The van der Waals surface area contributed by atoms with Crippen molar-refractivity contribution in [1.29, 1.82) is 0 Å². The molecule has 1 aromatic carbocycles. The van der Waals surface area contributed by atoms with Crippen molar-refractivity contribution in [1.82, 2.24) is 15.1 Å². The second kappa shape index (κ2) is 7.80. The largest absolute Gasteiger partial charge is 0.351 e. The molecule has 1 N–H and O–H groups in total. The number of hydrogen-bond donors (Lipinski definition) is 1. The van der Waals surface area contributed by atoms with Crippen LogP contribution in [0.5, 0.6) is 0 Å². The van der Waals surface area contributed by atoms with E-state index in [1.807, 2.05) is 18.4 Å². The highest BCUT2D eigenvalue weighted by atomic mass is 35.5. The van der Waals surface area contributed by atoms with Gasteiger partial charge in [-0.25, -0.2) is 4.39 Å². The highest BCUT2D eigenvalue weighted by Crippen LogP contribution is 2.31. The summed E-state index contributed by atoms with van der Waals surface area (Å²) < 4.78 is 14.7. The number of aromatic nitrogens is 2. The number of thiophene rings is 1. The Kier molecular flexibility index (Phi) is 5.50. The summed E-state index contributed by atoms with van der Waals surface area (Å²) >= 11 is 7.57. The summed E-state index contributed by atoms with van der Waals surface area (Å²) in [6.07, 6.45) is 2.26. The normalized spacial score (nSPS) is 10.8. The van der Waals surface area contributed by atoms with Crippen LogP contribution in [0.25, 0.3) is 11.3 Å². The smallest absolute Gasteiger partial charge is 0.261 e. The van der Waals surface area contributed by atoms with Crippen molar-refractivity contribution in [3.8, 4) is 11.3 Å². The van der Waals surface area contributed by atoms with Crippen molar-refractivity contribution < 1.29 is 9.18 Å². The first-order valence-corrected chi connectivity index (χ1v) is 9.17. The molecule has 2 heterocycles. The summed E-state index contributed by atoms with van der Waals surface area (Å²) in [6.45, 7) is 3.19. The molecule has 0 aliphatic carbocycles. The number of hydrogen-bond acceptors (Lipinski definition) is 3. The van der Waals surface area contributed by atoms with Crippen LogP contribution in [-0.2, 0) is 13.0 Å². The van der Waals surface area contributed by atoms with E-state index in [0.717, 1.165) is 16.8 Å². The summed E-state index contributed by atoms with van der Waals surface area (Å²) in [5, 5.41) is 9.58. The van der Waals surface area contributed by atoms with Crippen molar-refractivity contribution in [2.75, 3.05) is 6.54 Å². The van der Waals surface area contributed by atoms with Crippen LogP contribution in [0.2, 0.25) is 5.02 Å². The van der Waals surface area contributed by atoms with Gasteiger partial charge in [0.2, 0.25) is 0 Å². The topological polar surface area (TPSA) is 46.9 Å². The quantitative estimate of drug-likeness (QED) is 0.692. The molecule has 0 aliphatic rings. The van der Waals surface area contributed by atoms with Crippen LogP contribution >= 0.6 is 22.9 Å². The highest BCUT2D eigenvalue weighted by Gasteiger charge is 2.15. The summed E-state index contributed by atoms with van der Waals surface area (Å²) in [7, 11) is 0. The van der Waals surface area contributed by atoms with Gasteiger partial charge in [-0.15, -0.1) is 11.3 Å². The molecule has 0 aliphatic heterocycles. The third-order valence-electron chi connectivity index (χ3n) is 3.80. The van der Waals surface area contributed by atoms with Gasteiger partial charge in [-0.2, -0.15) is 5.10 Å². The van der Waals surface area contributed by atoms with Gasteiger partial charge in [0, 0.05) is 24.0 Å². The fraction of sp³-hybridized carbons (Fsp3) is 0.222. The molecule has 0 spiro atoms. The first kappa shape index (κ1) is 17.6. The maximum atomic E-state index is 12.9. The van der Waals surface area contributed by atoms with Crippen LogP contribution in [0.4, 0.5) is 4.39 Å². The number of benzene rings is 1. The first-order chi connectivity index (χ1) is 12.1. The van der Waals surface area contributed by atoms with Gasteiger partial charge in [0.25, 0.3) is 5.91 Å². The van der Waals surface area contributed by atoms with Crippen LogP contribution in [0.3, 0.4) is 0 Å². The van der Waals surface area contributed by atoms with Gasteiger partial charge in [-0.05, 0) is 37.1 Å². The van der Waals surface area contributed by atoms with Gasteiger partial charge in [-0.3, -0.25) is 9.48 Å². The van der Waals surface area contributed by atoms with Gasteiger partial charge < -0.3 is 5.32 Å². The Morgan fingerprint density at radius 1 is 1.36 bits per heavy atom. The van der Waals surface area contributed by atoms with Gasteiger partial charge in [-0.1, -0.05) is 23.7 Å². The summed E-state index contributed by atoms with van der Waals surface area (Å²) in [5.74, 6) is -0.388. The van der Waals surface area contributed by atoms with Gasteiger partial charge in [0.05, 0.1) is 21.8 Å². The second-order valence-electron chi connectivity index (χ2n) is 5.49. The monoisotopic (exact) mass is 377 g/mol. The van der Waals surface area contributed by atoms with E-state index in [-0.39, 0.29) is 11.7 Å². The van der Waals surface area contributed by atoms with Crippen LogP contribution in [0, 0.1) is 5.82 Å². The molecule has 0 unspecified atom stereocenters. The van der Waals surface area contributed by atoms with E-state index in [4.69, 9.17) is 11.6 Å². The minimum atomic E-state index is -0.260. The zero-order valence-corrected chi connectivity index (χ0v) is 15.2. The molecular formula is C18H17ClFN3OS. The lowest BCUT2D eigenvalue weighted by atomic mass is 10.1. The molecule has 1 amide bonds. The minimum absolute atomic E-state index is 0.128. The fourth-order valence-electron chi connectivity index (χ4n) is 2.53. The van der Waals surface area contributed by atoms with E-state index in [9.17, 15) is 9.18 Å². The third-order valence-corrected chi connectivity index (χ3v) is 5.01. The van der Waals surface area contributed by atoms with Gasteiger partial charge in [0.15, 0.2) is 0 Å². The number of rotatable bonds is 6. The molecule has 0 saturated carbocycles. The molecule has 4 nitrogen and oxygen atoms in total. The van der Waals surface area contributed by atoms with Crippen LogP contribution in [0.15, 0.2) is 41.9 Å². The lowest BCUT2D eigenvalue weighted by Gasteiger charge is -2.04. The summed E-state index contributed by atoms with van der Waals surface area (Å²) in [6, 6.07) is 8.11. The van der Waals surface area contributed by atoms with Crippen LogP contribution in [0.1, 0.15) is 22.2 Å². The molecule has 0 radical (unpaired) electrons. The van der Waals surface area contributed by atoms with E-state index in [0.29, 0.717) is 29.4 Å². The molecule has 7 heteroatoms. The highest BCUT2D eigenvalue weighted by molar-refractivity contribution is 7.12. The van der Waals surface area contributed by atoms with E-state index >= 15 is 0 Å². The van der Waals surface area contributed by atoms with Crippen molar-refractivity contribution in [3.05, 3.63) is 63.2 Å². The Morgan fingerprint density at radius 2 is 2.12 bits per heavy atom. The molecule has 0 saturated heterocycles. The van der Waals surface area contributed by atoms with E-state index in [2.05, 4.69) is 10.4 Å². The van der Waals surface area contributed by atoms with Crippen molar-refractivity contribution in [2.24, 2.45) is 0 Å². The zero-order chi connectivity index (χ0) is 17.8. The second-order valence-corrected chi connectivity index (χ2v) is 6.81. The van der Waals surface area contributed by atoms with E-state index in [1.165, 1.54) is 23.5 Å². The summed E-state index contributed by atoms with van der Waals surface area (Å²) in [5.41, 5.74) is 2.69. The molecule has 130 valence electrons. The van der Waals surface area contributed by atoms with E-state index < -0.39 is 0 Å². The molecule has 2 aromatic heterocycles. The lowest BCUT2D eigenvalue weighted by Crippen LogP contribution is -2.24. The molecular weight excluding hydrogens is 361 g/mol. The fourth-order valence-corrected chi connectivity index (χ4v) is 3.59. The van der Waals surface area contributed by atoms with Gasteiger partial charge >= 0.3 is 0 Å². The molecule has 3 rings (SSSR count). The average molecular weight is 378 g/mol. The van der Waals surface area contributed by atoms with Crippen molar-refractivity contribution in [3.63, 3.8) is 0 Å². The Labute approximate surface area is 154 Å². The van der Waals surface area contributed by atoms with Crippen LogP contribution in [-0.4, -0.2) is 22.2 Å². The number of carbonyl (C=O) groups excluding carboxylic acids is 1. The predicted octanol–water partition coefficient (Wildman–Crippen LogP) is 4.40. The zero-order valence-electron chi connectivity index (χ0n) is 13.6. The van der Waals surface area contributed by atoms with Gasteiger partial charge in [0.1, 0.15) is 5.82 Å². The van der Waals surface area contributed by atoms with Crippen molar-refractivity contribution in [2.45, 2.75) is 19.9 Å². The molecule has 3 aromatic rings. The number of nitrogens with one attached hydrogen (secondary N) is 1. The number of aryl methyl sites for hydroxylation is 1. The Bertz CT molecular complexity index is 873. The Balaban J connectivity index is 1.62. The van der Waals surface area contributed by atoms with E-state index in [1.54, 1.807) is 23.0 Å². The summed E-state index contributed by atoms with van der Waals surface area (Å²) in [4.78, 5) is 12.9. The third kappa shape index (κ3) is 4.08. The standard InChI is InChI=1S/C18H17ClFN3OS/c1-2-23-17(15(19)10-22-23)13-9-16(25-11-13)18(24)21-8-7-12-3-5-14(20)6-4-12/h3-6,9-11H,2,7-8H2,1H3,(H,21,24). The lowest BCUT2D eigenvalue weighted by molar-refractivity contribution is 0.0958. The molecule has 0 bridgehead atoms. The predicted molar refractivity (Wildman–Crippen MR) is 98.7 cm³/mol. The van der Waals surface area contributed by atoms with Crippen LogP contribution < -0.4 is 5.32 Å².